The summed E-state index contributed by atoms with van der Waals surface area (Å²) in [6.45, 7) is 1.63. The van der Waals surface area contributed by atoms with Crippen molar-refractivity contribution in [3.63, 3.8) is 0 Å². The lowest BCUT2D eigenvalue weighted by molar-refractivity contribution is -0.137. The first-order valence-corrected chi connectivity index (χ1v) is 5.38. The fraction of sp³-hybridized carbons (Fsp3) is 0.273. The molecule has 1 unspecified atom stereocenters. The number of rotatable bonds is 4. The highest BCUT2D eigenvalue weighted by atomic mass is 16.4. The number of fused-ring (bicyclic) bond motifs is 1. The maximum absolute atomic E-state index is 11.9. The Hall–Kier alpha value is -2.44. The second-order valence-electron chi connectivity index (χ2n) is 3.94. The molecule has 2 heterocycles. The van der Waals surface area contributed by atoms with E-state index in [2.05, 4.69) is 15.4 Å². The first kappa shape index (κ1) is 12.0. The zero-order valence-electron chi connectivity index (χ0n) is 9.70. The first-order valence-electron chi connectivity index (χ1n) is 5.38. The number of aromatic nitrogens is 3. The Morgan fingerprint density at radius 1 is 1.50 bits per heavy atom. The van der Waals surface area contributed by atoms with Gasteiger partial charge >= 0.3 is 5.97 Å². The fourth-order valence-corrected chi connectivity index (χ4v) is 1.62. The summed E-state index contributed by atoms with van der Waals surface area (Å²) in [6, 6.07) is -0.443. The molecule has 94 valence electrons. The van der Waals surface area contributed by atoms with Crippen molar-refractivity contribution < 1.29 is 14.7 Å². The Morgan fingerprint density at radius 3 is 3.00 bits per heavy atom. The molecule has 0 saturated carbocycles. The summed E-state index contributed by atoms with van der Waals surface area (Å²) in [5, 5.41) is 15.2. The van der Waals surface area contributed by atoms with E-state index in [0.717, 1.165) is 0 Å². The van der Waals surface area contributed by atoms with Gasteiger partial charge in [0.25, 0.3) is 5.91 Å². The van der Waals surface area contributed by atoms with E-state index in [4.69, 9.17) is 5.11 Å². The van der Waals surface area contributed by atoms with Crippen LogP contribution in [0.25, 0.3) is 5.52 Å². The molecule has 0 fully saturated rings. The number of carbonyl (C=O) groups is 2. The number of carbonyl (C=O) groups excluding carboxylic acids is 1. The van der Waals surface area contributed by atoms with Gasteiger partial charge < -0.3 is 10.4 Å². The third-order valence-corrected chi connectivity index (χ3v) is 2.43. The summed E-state index contributed by atoms with van der Waals surface area (Å²) in [6.07, 6.45) is 6.04. The SMILES string of the molecule is CC(CC(=O)O)NC(=O)c1cnn2ccncc12. The van der Waals surface area contributed by atoms with Crippen LogP contribution in [-0.4, -0.2) is 37.6 Å². The fourth-order valence-electron chi connectivity index (χ4n) is 1.62. The second-order valence-corrected chi connectivity index (χ2v) is 3.94. The molecule has 0 aromatic carbocycles. The lowest BCUT2D eigenvalue weighted by atomic mass is 10.2. The summed E-state index contributed by atoms with van der Waals surface area (Å²) in [4.78, 5) is 26.4. The Labute approximate surface area is 102 Å². The number of aliphatic carboxylic acids is 1. The van der Waals surface area contributed by atoms with Crippen LogP contribution in [0.5, 0.6) is 0 Å². The van der Waals surface area contributed by atoms with Gasteiger partial charge in [0, 0.05) is 18.4 Å². The molecule has 0 aliphatic heterocycles. The lowest BCUT2D eigenvalue weighted by Crippen LogP contribution is -2.34. The van der Waals surface area contributed by atoms with Gasteiger partial charge in [-0.15, -0.1) is 0 Å². The van der Waals surface area contributed by atoms with E-state index in [9.17, 15) is 9.59 Å². The third-order valence-electron chi connectivity index (χ3n) is 2.43. The molecule has 2 aromatic heterocycles. The van der Waals surface area contributed by atoms with Crippen molar-refractivity contribution in [1.29, 1.82) is 0 Å². The molecule has 0 radical (unpaired) electrons. The van der Waals surface area contributed by atoms with Crippen LogP contribution in [-0.2, 0) is 4.79 Å². The van der Waals surface area contributed by atoms with E-state index in [0.29, 0.717) is 11.1 Å². The van der Waals surface area contributed by atoms with E-state index in [-0.39, 0.29) is 12.3 Å². The molecule has 2 N–H and O–H groups in total. The average Bonchev–Trinajstić information content (AvgIpc) is 2.71. The molecule has 1 amide bonds. The molecule has 7 heteroatoms. The summed E-state index contributed by atoms with van der Waals surface area (Å²) < 4.78 is 1.53. The molecular weight excluding hydrogens is 236 g/mol. The highest BCUT2D eigenvalue weighted by Crippen LogP contribution is 2.08. The van der Waals surface area contributed by atoms with Crippen LogP contribution < -0.4 is 5.32 Å². The van der Waals surface area contributed by atoms with Gasteiger partial charge in [-0.25, -0.2) is 4.52 Å². The van der Waals surface area contributed by atoms with Crippen LogP contribution in [0.4, 0.5) is 0 Å². The van der Waals surface area contributed by atoms with Crippen molar-refractivity contribution >= 4 is 17.4 Å². The van der Waals surface area contributed by atoms with Crippen molar-refractivity contribution in [3.05, 3.63) is 30.4 Å². The van der Waals surface area contributed by atoms with Gasteiger partial charge in [0.05, 0.1) is 29.9 Å². The Balaban J connectivity index is 2.16. The monoisotopic (exact) mass is 248 g/mol. The smallest absolute Gasteiger partial charge is 0.305 e. The topological polar surface area (TPSA) is 96.6 Å². The largest absolute Gasteiger partial charge is 0.481 e. The Morgan fingerprint density at radius 2 is 2.28 bits per heavy atom. The number of amides is 1. The Bertz CT molecular complexity index is 593. The number of hydrogen-bond donors (Lipinski definition) is 2. The predicted octanol–water partition coefficient (Wildman–Crippen LogP) is 0.322. The zero-order chi connectivity index (χ0) is 13.1. The van der Waals surface area contributed by atoms with Crippen molar-refractivity contribution in [2.24, 2.45) is 0 Å². The van der Waals surface area contributed by atoms with Crippen molar-refractivity contribution in [2.75, 3.05) is 0 Å². The summed E-state index contributed by atoms with van der Waals surface area (Å²) in [5.74, 6) is -1.31. The number of nitrogens with zero attached hydrogens (tertiary/aromatic N) is 3. The van der Waals surface area contributed by atoms with Gasteiger partial charge in [0.1, 0.15) is 0 Å². The van der Waals surface area contributed by atoms with E-state index in [1.807, 2.05) is 0 Å². The molecular formula is C11H12N4O3. The van der Waals surface area contributed by atoms with Gasteiger partial charge in [-0.05, 0) is 6.92 Å². The molecule has 2 aromatic rings. The van der Waals surface area contributed by atoms with Gasteiger partial charge in [0.15, 0.2) is 0 Å². The molecule has 7 nitrogen and oxygen atoms in total. The summed E-state index contributed by atoms with van der Waals surface area (Å²) in [7, 11) is 0. The average molecular weight is 248 g/mol. The van der Waals surface area contributed by atoms with Crippen LogP contribution in [0, 0.1) is 0 Å². The molecule has 2 rings (SSSR count). The number of nitrogens with one attached hydrogen (secondary N) is 1. The highest BCUT2D eigenvalue weighted by molar-refractivity contribution is 6.00. The van der Waals surface area contributed by atoms with E-state index >= 15 is 0 Å². The Kier molecular flexibility index (Phi) is 3.22. The standard InChI is InChI=1S/C11H12N4O3/c1-7(4-10(16)17)14-11(18)8-5-13-15-3-2-12-6-9(8)15/h2-3,5-7H,4H2,1H3,(H,14,18)(H,16,17). The summed E-state index contributed by atoms with van der Waals surface area (Å²) in [5.41, 5.74) is 0.956. The molecule has 0 bridgehead atoms. The zero-order valence-corrected chi connectivity index (χ0v) is 9.70. The van der Waals surface area contributed by atoms with Crippen LogP contribution >= 0.6 is 0 Å². The minimum absolute atomic E-state index is 0.122. The number of carboxylic acids is 1. The maximum Gasteiger partial charge on any atom is 0.305 e. The number of hydrogen-bond acceptors (Lipinski definition) is 4. The molecule has 0 aliphatic carbocycles. The van der Waals surface area contributed by atoms with Gasteiger partial charge in [-0.1, -0.05) is 0 Å². The van der Waals surface area contributed by atoms with E-state index in [1.54, 1.807) is 19.3 Å². The minimum Gasteiger partial charge on any atom is -0.481 e. The molecule has 18 heavy (non-hydrogen) atoms. The first-order chi connectivity index (χ1) is 8.58. The quantitative estimate of drug-likeness (QED) is 0.812. The normalized spacial score (nSPS) is 12.3. The van der Waals surface area contributed by atoms with Gasteiger partial charge in [-0.3, -0.25) is 14.6 Å². The van der Waals surface area contributed by atoms with Crippen LogP contribution in [0.3, 0.4) is 0 Å². The van der Waals surface area contributed by atoms with Crippen LogP contribution in [0.1, 0.15) is 23.7 Å². The highest BCUT2D eigenvalue weighted by Gasteiger charge is 2.16. The van der Waals surface area contributed by atoms with Crippen LogP contribution in [0.2, 0.25) is 0 Å². The molecule has 0 aliphatic rings. The molecule has 1 atom stereocenters. The second kappa shape index (κ2) is 4.82. The lowest BCUT2D eigenvalue weighted by Gasteiger charge is -2.10. The van der Waals surface area contributed by atoms with Crippen LogP contribution in [0.15, 0.2) is 24.8 Å². The maximum atomic E-state index is 11.9. The predicted molar refractivity (Wildman–Crippen MR) is 62.2 cm³/mol. The van der Waals surface area contributed by atoms with Gasteiger partial charge in [-0.2, -0.15) is 5.10 Å². The number of carboxylic acid groups (broad SMARTS) is 1. The van der Waals surface area contributed by atoms with Crippen molar-refractivity contribution in [1.82, 2.24) is 19.9 Å². The molecule has 0 saturated heterocycles. The van der Waals surface area contributed by atoms with Crippen molar-refractivity contribution in [2.45, 2.75) is 19.4 Å². The van der Waals surface area contributed by atoms with Crippen molar-refractivity contribution in [3.8, 4) is 0 Å². The van der Waals surface area contributed by atoms with E-state index < -0.39 is 12.0 Å². The summed E-state index contributed by atoms with van der Waals surface area (Å²) >= 11 is 0. The molecule has 0 spiro atoms. The third kappa shape index (κ3) is 2.45. The van der Waals surface area contributed by atoms with E-state index in [1.165, 1.54) is 16.9 Å². The van der Waals surface area contributed by atoms with Gasteiger partial charge in [0.2, 0.25) is 0 Å². The minimum atomic E-state index is -0.954.